The summed E-state index contributed by atoms with van der Waals surface area (Å²) in [5.41, 5.74) is 1.63. The van der Waals surface area contributed by atoms with Crippen molar-refractivity contribution in [1.29, 1.82) is 0 Å². The molecule has 0 aliphatic carbocycles. The Kier molecular flexibility index (Phi) is 5.87. The lowest BCUT2D eigenvalue weighted by Crippen LogP contribution is -2.40. The summed E-state index contributed by atoms with van der Waals surface area (Å²) in [4.78, 5) is 0. The smallest absolute Gasteiger partial charge is 0.0177 e. The average molecular weight is 312 g/mol. The van der Waals surface area contributed by atoms with Crippen molar-refractivity contribution in [1.82, 2.24) is 5.32 Å². The summed E-state index contributed by atoms with van der Waals surface area (Å²) >= 11 is 3.53. The van der Waals surface area contributed by atoms with E-state index in [1.54, 1.807) is 0 Å². The Bertz CT molecular complexity index is 368. The summed E-state index contributed by atoms with van der Waals surface area (Å²) in [6.07, 6.45) is 1.15. The van der Waals surface area contributed by atoms with Gasteiger partial charge in [-0.1, -0.05) is 41.9 Å². The molecule has 18 heavy (non-hydrogen) atoms. The average Bonchev–Trinajstić information content (AvgIpc) is 2.24. The minimum absolute atomic E-state index is 0.212. The highest BCUT2D eigenvalue weighted by molar-refractivity contribution is 9.10. The van der Waals surface area contributed by atoms with E-state index in [4.69, 9.17) is 0 Å². The zero-order valence-electron chi connectivity index (χ0n) is 12.3. The van der Waals surface area contributed by atoms with Crippen LogP contribution in [0.2, 0.25) is 0 Å². The summed E-state index contributed by atoms with van der Waals surface area (Å²) < 4.78 is 1.17. The third-order valence-electron chi connectivity index (χ3n) is 3.37. The van der Waals surface area contributed by atoms with Gasteiger partial charge < -0.3 is 5.32 Å². The Balaban J connectivity index is 2.47. The molecule has 2 unspecified atom stereocenters. The largest absolute Gasteiger partial charge is 0.312 e. The molecule has 0 bridgehead atoms. The Labute approximate surface area is 120 Å². The van der Waals surface area contributed by atoms with Crippen LogP contribution in [0.4, 0.5) is 0 Å². The van der Waals surface area contributed by atoms with Gasteiger partial charge in [0.2, 0.25) is 0 Å². The Morgan fingerprint density at radius 3 is 2.39 bits per heavy atom. The van der Waals surface area contributed by atoms with Crippen molar-refractivity contribution in [3.8, 4) is 0 Å². The second-order valence-electron chi connectivity index (χ2n) is 6.42. The van der Waals surface area contributed by atoms with E-state index in [0.717, 1.165) is 13.0 Å². The first-order chi connectivity index (χ1) is 8.28. The van der Waals surface area contributed by atoms with Crippen molar-refractivity contribution in [2.45, 2.75) is 46.6 Å². The normalized spacial score (nSPS) is 15.4. The van der Waals surface area contributed by atoms with Gasteiger partial charge in [-0.3, -0.25) is 0 Å². The van der Waals surface area contributed by atoms with E-state index >= 15 is 0 Å². The number of nitrogens with one attached hydrogen (secondary N) is 1. The molecule has 0 heterocycles. The Hall–Kier alpha value is -0.340. The zero-order chi connectivity index (χ0) is 13.8. The number of benzene rings is 1. The lowest BCUT2D eigenvalue weighted by Gasteiger charge is -2.26. The van der Waals surface area contributed by atoms with Crippen LogP contribution in [0.3, 0.4) is 0 Å². The Morgan fingerprint density at radius 2 is 1.83 bits per heavy atom. The molecule has 0 aliphatic rings. The van der Waals surface area contributed by atoms with Crippen LogP contribution in [0.5, 0.6) is 0 Å². The van der Waals surface area contributed by atoms with Crippen molar-refractivity contribution >= 4 is 15.9 Å². The van der Waals surface area contributed by atoms with Gasteiger partial charge in [-0.2, -0.15) is 0 Å². The first kappa shape index (κ1) is 15.7. The van der Waals surface area contributed by atoms with Crippen molar-refractivity contribution in [3.05, 3.63) is 34.3 Å². The molecule has 102 valence electrons. The van der Waals surface area contributed by atoms with Gasteiger partial charge in [0.15, 0.2) is 0 Å². The van der Waals surface area contributed by atoms with E-state index in [1.165, 1.54) is 10.0 Å². The van der Waals surface area contributed by atoms with Crippen molar-refractivity contribution in [2.24, 2.45) is 11.8 Å². The van der Waals surface area contributed by atoms with E-state index in [2.05, 4.69) is 80.1 Å². The van der Waals surface area contributed by atoms with Crippen LogP contribution in [-0.4, -0.2) is 12.1 Å². The SMILES string of the molecule is CC(CNC(C)(C)C)C(C)Cc1cccc(Br)c1. The highest BCUT2D eigenvalue weighted by atomic mass is 79.9. The van der Waals surface area contributed by atoms with Crippen LogP contribution >= 0.6 is 15.9 Å². The maximum Gasteiger partial charge on any atom is 0.0177 e. The van der Waals surface area contributed by atoms with Gasteiger partial charge in [0.05, 0.1) is 0 Å². The molecule has 1 aromatic rings. The van der Waals surface area contributed by atoms with Gasteiger partial charge >= 0.3 is 0 Å². The monoisotopic (exact) mass is 311 g/mol. The van der Waals surface area contributed by atoms with Crippen LogP contribution in [0, 0.1) is 11.8 Å². The molecule has 1 N–H and O–H groups in total. The third kappa shape index (κ3) is 6.01. The molecule has 1 aromatic carbocycles. The summed E-state index contributed by atoms with van der Waals surface area (Å²) in [7, 11) is 0. The molecule has 0 aromatic heterocycles. The molecular weight excluding hydrogens is 286 g/mol. The van der Waals surface area contributed by atoms with E-state index in [9.17, 15) is 0 Å². The quantitative estimate of drug-likeness (QED) is 0.834. The van der Waals surface area contributed by atoms with E-state index in [1.807, 2.05) is 0 Å². The van der Waals surface area contributed by atoms with Gasteiger partial charge in [0.1, 0.15) is 0 Å². The van der Waals surface area contributed by atoms with Crippen LogP contribution in [0.25, 0.3) is 0 Å². The second kappa shape index (κ2) is 6.72. The van der Waals surface area contributed by atoms with Crippen LogP contribution in [-0.2, 0) is 6.42 Å². The minimum Gasteiger partial charge on any atom is -0.312 e. The highest BCUT2D eigenvalue weighted by Crippen LogP contribution is 2.20. The molecule has 0 fully saturated rings. The van der Waals surface area contributed by atoms with Gasteiger partial charge in [-0.15, -0.1) is 0 Å². The topological polar surface area (TPSA) is 12.0 Å². The zero-order valence-corrected chi connectivity index (χ0v) is 13.8. The molecule has 2 atom stereocenters. The van der Waals surface area contributed by atoms with Gasteiger partial charge in [-0.25, -0.2) is 0 Å². The van der Waals surface area contributed by atoms with Gasteiger partial charge in [-0.05, 0) is 63.3 Å². The maximum absolute atomic E-state index is 3.59. The van der Waals surface area contributed by atoms with E-state index in [-0.39, 0.29) is 5.54 Å². The molecule has 1 rings (SSSR count). The molecular formula is C16H26BrN. The molecule has 0 saturated carbocycles. The summed E-state index contributed by atoms with van der Waals surface area (Å²) in [5, 5.41) is 3.59. The van der Waals surface area contributed by atoms with Crippen molar-refractivity contribution in [3.63, 3.8) is 0 Å². The summed E-state index contributed by atoms with van der Waals surface area (Å²) in [6.45, 7) is 12.4. The molecule has 0 spiro atoms. The minimum atomic E-state index is 0.212. The molecule has 1 nitrogen and oxygen atoms in total. The van der Waals surface area contributed by atoms with Crippen molar-refractivity contribution in [2.75, 3.05) is 6.54 Å². The lowest BCUT2D eigenvalue weighted by molar-refractivity contribution is 0.317. The Morgan fingerprint density at radius 1 is 1.17 bits per heavy atom. The molecule has 0 aliphatic heterocycles. The van der Waals surface area contributed by atoms with E-state index in [0.29, 0.717) is 11.8 Å². The fourth-order valence-corrected chi connectivity index (χ4v) is 2.35. The first-order valence-electron chi connectivity index (χ1n) is 6.77. The number of hydrogen-bond acceptors (Lipinski definition) is 1. The molecule has 0 amide bonds. The van der Waals surface area contributed by atoms with Crippen LogP contribution < -0.4 is 5.32 Å². The predicted molar refractivity (Wildman–Crippen MR) is 83.9 cm³/mol. The second-order valence-corrected chi connectivity index (χ2v) is 7.34. The maximum atomic E-state index is 3.59. The van der Waals surface area contributed by atoms with Crippen LogP contribution in [0.1, 0.15) is 40.2 Å². The third-order valence-corrected chi connectivity index (χ3v) is 3.87. The molecule has 0 radical (unpaired) electrons. The molecule has 0 saturated heterocycles. The summed E-state index contributed by atoms with van der Waals surface area (Å²) in [5.74, 6) is 1.37. The van der Waals surface area contributed by atoms with Crippen molar-refractivity contribution < 1.29 is 0 Å². The summed E-state index contributed by atoms with van der Waals surface area (Å²) in [6, 6.07) is 8.63. The lowest BCUT2D eigenvalue weighted by atomic mass is 9.89. The fourth-order valence-electron chi connectivity index (χ4n) is 1.91. The number of hydrogen-bond donors (Lipinski definition) is 1. The standard InChI is InChI=1S/C16H26BrN/c1-12(13(2)11-18-16(3,4)5)9-14-7-6-8-15(17)10-14/h6-8,10,12-13,18H,9,11H2,1-5H3. The molecule has 2 heteroatoms. The first-order valence-corrected chi connectivity index (χ1v) is 7.56. The number of rotatable bonds is 5. The van der Waals surface area contributed by atoms with Gasteiger partial charge in [0, 0.05) is 10.0 Å². The highest BCUT2D eigenvalue weighted by Gasteiger charge is 2.16. The predicted octanol–water partition coefficient (Wildman–Crippen LogP) is 4.65. The number of halogens is 1. The van der Waals surface area contributed by atoms with E-state index < -0.39 is 0 Å². The fraction of sp³-hybridized carbons (Fsp3) is 0.625. The van der Waals surface area contributed by atoms with Gasteiger partial charge in [0.25, 0.3) is 0 Å². The van der Waals surface area contributed by atoms with Crippen LogP contribution in [0.15, 0.2) is 28.7 Å².